The number of piperidine rings is 1. The van der Waals surface area contributed by atoms with Crippen LogP contribution >= 0.6 is 0 Å². The minimum atomic E-state index is -0.530. The molecule has 0 radical (unpaired) electrons. The van der Waals surface area contributed by atoms with Crippen molar-refractivity contribution in [3.63, 3.8) is 0 Å². The normalized spacial score (nSPS) is 14.1. The van der Waals surface area contributed by atoms with Crippen LogP contribution in [0.15, 0.2) is 60.2 Å². The van der Waals surface area contributed by atoms with Crippen LogP contribution in [0.2, 0.25) is 0 Å². The van der Waals surface area contributed by atoms with E-state index < -0.39 is 11.7 Å². The number of amides is 3. The maximum atomic E-state index is 13.1. The van der Waals surface area contributed by atoms with Crippen LogP contribution in [0.25, 0.3) is 0 Å². The number of ether oxygens (including phenoxy) is 1. The average molecular weight is 492 g/mol. The highest BCUT2D eigenvalue weighted by Gasteiger charge is 2.25. The molecular formula is C29H37N3O4. The Morgan fingerprint density at radius 1 is 1.03 bits per heavy atom. The molecule has 1 saturated heterocycles. The SMILES string of the molecule is CC(C)=CC(=O)Nc1cccc(C(=O)N2CCC(c3cccc(CNC(=O)OC(C)(C)C)c3)CC2)c1. The van der Waals surface area contributed by atoms with E-state index in [2.05, 4.69) is 22.8 Å². The molecule has 2 aromatic carbocycles. The maximum Gasteiger partial charge on any atom is 0.407 e. The lowest BCUT2D eigenvalue weighted by atomic mass is 9.88. The molecule has 0 saturated carbocycles. The van der Waals surface area contributed by atoms with Gasteiger partial charge in [-0.05, 0) is 82.7 Å². The molecule has 3 amide bonds. The molecule has 2 aromatic rings. The van der Waals surface area contributed by atoms with Gasteiger partial charge in [0.25, 0.3) is 5.91 Å². The number of alkyl carbamates (subject to hydrolysis) is 1. The van der Waals surface area contributed by atoms with E-state index in [0.29, 0.717) is 36.8 Å². The second kappa shape index (κ2) is 11.9. The zero-order chi connectivity index (χ0) is 26.3. The first kappa shape index (κ1) is 27.0. The Kier molecular flexibility index (Phi) is 8.91. The molecule has 1 heterocycles. The molecule has 3 rings (SSSR count). The van der Waals surface area contributed by atoms with Gasteiger partial charge in [0.1, 0.15) is 5.60 Å². The zero-order valence-corrected chi connectivity index (χ0v) is 21.9. The number of anilines is 1. The van der Waals surface area contributed by atoms with Crippen molar-refractivity contribution >= 4 is 23.6 Å². The Balaban J connectivity index is 1.55. The summed E-state index contributed by atoms with van der Waals surface area (Å²) in [5.74, 6) is 0.122. The Hall–Kier alpha value is -3.61. The number of nitrogens with zero attached hydrogens (tertiary/aromatic N) is 1. The summed E-state index contributed by atoms with van der Waals surface area (Å²) in [6, 6.07) is 15.3. The smallest absolute Gasteiger partial charge is 0.407 e. The van der Waals surface area contributed by atoms with Gasteiger partial charge < -0.3 is 20.3 Å². The van der Waals surface area contributed by atoms with Crippen molar-refractivity contribution in [3.05, 3.63) is 76.9 Å². The third-order valence-electron chi connectivity index (χ3n) is 5.84. The predicted molar refractivity (Wildman–Crippen MR) is 142 cm³/mol. The number of carbonyl (C=O) groups excluding carboxylic acids is 3. The lowest BCUT2D eigenvalue weighted by Gasteiger charge is -2.32. The number of nitrogens with one attached hydrogen (secondary N) is 2. The van der Waals surface area contributed by atoms with E-state index in [1.807, 2.05) is 51.7 Å². The molecule has 0 atom stereocenters. The topological polar surface area (TPSA) is 87.7 Å². The van der Waals surface area contributed by atoms with Gasteiger partial charge in [0.15, 0.2) is 0 Å². The van der Waals surface area contributed by atoms with Crippen LogP contribution in [0.3, 0.4) is 0 Å². The first-order chi connectivity index (χ1) is 17.0. The molecule has 7 heteroatoms. The quantitative estimate of drug-likeness (QED) is 0.512. The van der Waals surface area contributed by atoms with Gasteiger partial charge in [0.05, 0.1) is 0 Å². The Morgan fingerprint density at radius 2 is 1.72 bits per heavy atom. The van der Waals surface area contributed by atoms with Crippen molar-refractivity contribution in [3.8, 4) is 0 Å². The molecule has 0 bridgehead atoms. The van der Waals surface area contributed by atoms with E-state index in [4.69, 9.17) is 4.74 Å². The van der Waals surface area contributed by atoms with E-state index in [1.165, 1.54) is 11.6 Å². The number of likely N-dealkylation sites (tertiary alicyclic amines) is 1. The highest BCUT2D eigenvalue weighted by molar-refractivity contribution is 6.01. The fourth-order valence-corrected chi connectivity index (χ4v) is 4.21. The summed E-state index contributed by atoms with van der Waals surface area (Å²) in [5, 5.41) is 5.62. The highest BCUT2D eigenvalue weighted by Crippen LogP contribution is 2.29. The predicted octanol–water partition coefficient (Wildman–Crippen LogP) is 5.64. The van der Waals surface area contributed by atoms with Crippen molar-refractivity contribution in [1.82, 2.24) is 10.2 Å². The number of benzene rings is 2. The molecule has 0 unspecified atom stereocenters. The molecule has 192 valence electrons. The minimum absolute atomic E-state index is 0.0259. The number of allylic oxidation sites excluding steroid dienone is 1. The fraction of sp³-hybridized carbons (Fsp3) is 0.414. The monoisotopic (exact) mass is 491 g/mol. The van der Waals surface area contributed by atoms with E-state index in [-0.39, 0.29) is 11.8 Å². The third kappa shape index (κ3) is 8.26. The Bertz CT molecular complexity index is 1120. The number of hydrogen-bond acceptors (Lipinski definition) is 4. The summed E-state index contributed by atoms with van der Waals surface area (Å²) in [6.45, 7) is 11.0. The van der Waals surface area contributed by atoms with E-state index in [0.717, 1.165) is 24.0 Å². The van der Waals surface area contributed by atoms with E-state index in [1.54, 1.807) is 24.3 Å². The van der Waals surface area contributed by atoms with Gasteiger partial charge in [0.2, 0.25) is 5.91 Å². The van der Waals surface area contributed by atoms with E-state index in [9.17, 15) is 14.4 Å². The number of rotatable bonds is 6. The highest BCUT2D eigenvalue weighted by atomic mass is 16.6. The third-order valence-corrected chi connectivity index (χ3v) is 5.84. The molecule has 1 aliphatic rings. The lowest BCUT2D eigenvalue weighted by molar-refractivity contribution is -0.112. The molecule has 7 nitrogen and oxygen atoms in total. The second-order valence-corrected chi connectivity index (χ2v) is 10.5. The summed E-state index contributed by atoms with van der Waals surface area (Å²) in [5.41, 5.74) is 3.79. The summed E-state index contributed by atoms with van der Waals surface area (Å²) >= 11 is 0. The minimum Gasteiger partial charge on any atom is -0.444 e. The van der Waals surface area contributed by atoms with Crippen molar-refractivity contribution < 1.29 is 19.1 Å². The molecule has 0 aliphatic carbocycles. The summed E-state index contributed by atoms with van der Waals surface area (Å²) in [6.07, 6.45) is 2.83. The van der Waals surface area contributed by atoms with Crippen LogP contribution in [0.1, 0.15) is 74.9 Å². The average Bonchev–Trinajstić information content (AvgIpc) is 2.81. The van der Waals surface area contributed by atoms with Crippen LogP contribution in [0.5, 0.6) is 0 Å². The van der Waals surface area contributed by atoms with Crippen LogP contribution in [0, 0.1) is 0 Å². The van der Waals surface area contributed by atoms with Gasteiger partial charge in [0, 0.05) is 37.0 Å². The van der Waals surface area contributed by atoms with Crippen molar-refractivity contribution in [2.45, 2.75) is 65.5 Å². The van der Waals surface area contributed by atoms with Gasteiger partial charge in [-0.3, -0.25) is 9.59 Å². The fourth-order valence-electron chi connectivity index (χ4n) is 4.21. The number of carbonyl (C=O) groups is 3. The molecule has 2 N–H and O–H groups in total. The van der Waals surface area contributed by atoms with Crippen LogP contribution in [-0.4, -0.2) is 41.5 Å². The molecule has 1 aliphatic heterocycles. The van der Waals surface area contributed by atoms with Crippen LogP contribution < -0.4 is 10.6 Å². The van der Waals surface area contributed by atoms with Crippen molar-refractivity contribution in [2.75, 3.05) is 18.4 Å². The van der Waals surface area contributed by atoms with Crippen molar-refractivity contribution in [2.24, 2.45) is 0 Å². The maximum absolute atomic E-state index is 13.1. The Labute approximate surface area is 213 Å². The summed E-state index contributed by atoms with van der Waals surface area (Å²) < 4.78 is 5.31. The second-order valence-electron chi connectivity index (χ2n) is 10.5. The summed E-state index contributed by atoms with van der Waals surface area (Å²) in [7, 11) is 0. The zero-order valence-electron chi connectivity index (χ0n) is 21.9. The standard InChI is InChI=1S/C29H37N3O4/c1-20(2)16-26(33)31-25-11-7-10-24(18-25)27(34)32-14-12-22(13-15-32)23-9-6-8-21(17-23)19-30-28(35)36-29(3,4)5/h6-11,16-18,22H,12-15,19H2,1-5H3,(H,30,35)(H,31,33). The van der Waals surface area contributed by atoms with E-state index >= 15 is 0 Å². The molecule has 36 heavy (non-hydrogen) atoms. The van der Waals surface area contributed by atoms with Gasteiger partial charge in [-0.1, -0.05) is 35.9 Å². The largest absolute Gasteiger partial charge is 0.444 e. The van der Waals surface area contributed by atoms with Gasteiger partial charge in [-0.15, -0.1) is 0 Å². The van der Waals surface area contributed by atoms with Crippen LogP contribution in [-0.2, 0) is 16.1 Å². The Morgan fingerprint density at radius 3 is 2.39 bits per heavy atom. The van der Waals surface area contributed by atoms with Gasteiger partial charge >= 0.3 is 6.09 Å². The lowest BCUT2D eigenvalue weighted by Crippen LogP contribution is -2.38. The van der Waals surface area contributed by atoms with Gasteiger partial charge in [-0.2, -0.15) is 0 Å². The first-order valence-corrected chi connectivity index (χ1v) is 12.4. The first-order valence-electron chi connectivity index (χ1n) is 12.4. The molecular weight excluding hydrogens is 454 g/mol. The number of hydrogen-bond donors (Lipinski definition) is 2. The summed E-state index contributed by atoms with van der Waals surface area (Å²) in [4.78, 5) is 39.0. The molecule has 1 fully saturated rings. The van der Waals surface area contributed by atoms with Crippen LogP contribution in [0.4, 0.5) is 10.5 Å². The van der Waals surface area contributed by atoms with Gasteiger partial charge in [-0.25, -0.2) is 4.79 Å². The molecule has 0 spiro atoms. The molecule has 0 aromatic heterocycles. The van der Waals surface area contributed by atoms with Crippen molar-refractivity contribution in [1.29, 1.82) is 0 Å².